The molecule has 0 heterocycles. The van der Waals surface area contributed by atoms with Crippen molar-refractivity contribution in [1.82, 2.24) is 0 Å². The van der Waals surface area contributed by atoms with E-state index in [9.17, 15) is 14.7 Å². The number of aliphatic carboxylic acids is 1. The summed E-state index contributed by atoms with van der Waals surface area (Å²) in [5, 5.41) is 9.70. The van der Waals surface area contributed by atoms with Crippen molar-refractivity contribution in [1.29, 1.82) is 0 Å². The van der Waals surface area contributed by atoms with Crippen LogP contribution in [0.15, 0.2) is 0 Å². The summed E-state index contributed by atoms with van der Waals surface area (Å²) in [5.74, 6) is -0.825. The first-order valence-electron chi connectivity index (χ1n) is 10.2. The number of hydrogen-bond acceptors (Lipinski definition) is 3. The SMILES string of the molecule is CCC(CC)(CC(C)(C)COC(=O)C1(CC(C)(C)C)CCCC1)C(=O)O. The van der Waals surface area contributed by atoms with Crippen LogP contribution in [0.3, 0.4) is 0 Å². The summed E-state index contributed by atoms with van der Waals surface area (Å²) in [6.07, 6.45) is 6.53. The summed E-state index contributed by atoms with van der Waals surface area (Å²) in [5.41, 5.74) is -1.37. The van der Waals surface area contributed by atoms with Gasteiger partial charge in [0.1, 0.15) is 0 Å². The number of rotatable bonds is 9. The molecule has 1 saturated carbocycles. The van der Waals surface area contributed by atoms with Gasteiger partial charge in [0.05, 0.1) is 17.4 Å². The van der Waals surface area contributed by atoms with Crippen LogP contribution in [0.2, 0.25) is 0 Å². The van der Waals surface area contributed by atoms with E-state index in [1.165, 1.54) is 0 Å². The van der Waals surface area contributed by atoms with Crippen molar-refractivity contribution in [3.63, 3.8) is 0 Å². The van der Waals surface area contributed by atoms with Crippen molar-refractivity contribution in [2.45, 2.75) is 99.8 Å². The predicted octanol–water partition coefficient (Wildman–Crippen LogP) is 5.83. The monoisotopic (exact) mass is 368 g/mol. The Labute approximate surface area is 160 Å². The van der Waals surface area contributed by atoms with Crippen LogP contribution in [0.1, 0.15) is 99.8 Å². The maximum Gasteiger partial charge on any atom is 0.312 e. The van der Waals surface area contributed by atoms with Crippen LogP contribution in [0, 0.1) is 21.7 Å². The minimum atomic E-state index is -0.748. The summed E-state index contributed by atoms with van der Waals surface area (Å²) >= 11 is 0. The Balaban J connectivity index is 2.81. The quantitative estimate of drug-likeness (QED) is 0.520. The van der Waals surface area contributed by atoms with E-state index in [0.29, 0.717) is 19.3 Å². The van der Waals surface area contributed by atoms with Crippen molar-refractivity contribution < 1.29 is 19.4 Å². The molecule has 0 aromatic rings. The molecule has 0 atom stereocenters. The van der Waals surface area contributed by atoms with Gasteiger partial charge in [-0.3, -0.25) is 9.59 Å². The van der Waals surface area contributed by atoms with E-state index in [0.717, 1.165) is 32.1 Å². The molecule has 0 aromatic heterocycles. The summed E-state index contributed by atoms with van der Waals surface area (Å²) in [7, 11) is 0. The first-order valence-corrected chi connectivity index (χ1v) is 10.2. The summed E-state index contributed by atoms with van der Waals surface area (Å²) < 4.78 is 5.82. The van der Waals surface area contributed by atoms with Gasteiger partial charge in [-0.2, -0.15) is 0 Å². The van der Waals surface area contributed by atoms with Crippen LogP contribution in [-0.2, 0) is 14.3 Å². The number of ether oxygens (including phenoxy) is 1. The third kappa shape index (κ3) is 5.72. The molecule has 152 valence electrons. The molecular weight excluding hydrogens is 328 g/mol. The zero-order valence-corrected chi connectivity index (χ0v) is 18.0. The lowest BCUT2D eigenvalue weighted by Gasteiger charge is -2.37. The van der Waals surface area contributed by atoms with Crippen LogP contribution in [0.5, 0.6) is 0 Å². The molecule has 1 fully saturated rings. The second kappa shape index (κ2) is 8.31. The number of carboxylic acids is 1. The molecule has 0 saturated heterocycles. The van der Waals surface area contributed by atoms with Gasteiger partial charge in [0.15, 0.2) is 0 Å². The van der Waals surface area contributed by atoms with E-state index in [4.69, 9.17) is 4.74 Å². The van der Waals surface area contributed by atoms with Gasteiger partial charge < -0.3 is 9.84 Å². The third-order valence-corrected chi connectivity index (χ3v) is 6.08. The molecule has 26 heavy (non-hydrogen) atoms. The molecule has 0 aromatic carbocycles. The van der Waals surface area contributed by atoms with Crippen LogP contribution >= 0.6 is 0 Å². The maximum atomic E-state index is 13.0. The second-order valence-electron chi connectivity index (χ2n) is 10.4. The van der Waals surface area contributed by atoms with Gasteiger partial charge in [-0.15, -0.1) is 0 Å². The van der Waals surface area contributed by atoms with Crippen LogP contribution < -0.4 is 0 Å². The molecule has 1 N–H and O–H groups in total. The Bertz CT molecular complexity index is 489. The van der Waals surface area contributed by atoms with E-state index >= 15 is 0 Å². The molecule has 1 aliphatic rings. The Morgan fingerprint density at radius 2 is 1.50 bits per heavy atom. The fourth-order valence-electron chi connectivity index (χ4n) is 4.78. The fourth-order valence-corrected chi connectivity index (χ4v) is 4.78. The molecule has 0 spiro atoms. The molecule has 0 radical (unpaired) electrons. The highest BCUT2D eigenvalue weighted by Crippen LogP contribution is 2.48. The first kappa shape index (κ1) is 23.0. The van der Waals surface area contributed by atoms with Crippen molar-refractivity contribution >= 4 is 11.9 Å². The molecule has 1 aliphatic carbocycles. The Morgan fingerprint density at radius 3 is 1.88 bits per heavy atom. The topological polar surface area (TPSA) is 63.6 Å². The smallest absolute Gasteiger partial charge is 0.312 e. The lowest BCUT2D eigenvalue weighted by atomic mass is 9.70. The van der Waals surface area contributed by atoms with Gasteiger partial charge in [0.25, 0.3) is 0 Å². The van der Waals surface area contributed by atoms with E-state index in [1.807, 2.05) is 27.7 Å². The fraction of sp³-hybridized carbons (Fsp3) is 0.909. The molecule has 4 nitrogen and oxygen atoms in total. The average Bonchev–Trinajstić information content (AvgIpc) is 2.97. The summed E-state index contributed by atoms with van der Waals surface area (Å²) in [6, 6.07) is 0. The summed E-state index contributed by atoms with van der Waals surface area (Å²) in [4.78, 5) is 24.8. The van der Waals surface area contributed by atoms with E-state index in [1.54, 1.807) is 0 Å². The molecule has 4 heteroatoms. The number of esters is 1. The zero-order valence-electron chi connectivity index (χ0n) is 18.0. The van der Waals surface area contributed by atoms with Gasteiger partial charge in [-0.25, -0.2) is 0 Å². The Morgan fingerprint density at radius 1 is 1.00 bits per heavy atom. The van der Waals surface area contributed by atoms with E-state index < -0.39 is 11.4 Å². The largest absolute Gasteiger partial charge is 0.481 e. The van der Waals surface area contributed by atoms with Gasteiger partial charge in [0.2, 0.25) is 0 Å². The third-order valence-electron chi connectivity index (χ3n) is 6.08. The molecule has 1 rings (SSSR count). The Kier molecular flexibility index (Phi) is 7.34. The maximum absolute atomic E-state index is 13.0. The first-order chi connectivity index (χ1) is 11.8. The Hall–Kier alpha value is -1.06. The van der Waals surface area contributed by atoms with Crippen molar-refractivity contribution in [2.75, 3.05) is 6.61 Å². The number of carboxylic acid groups (broad SMARTS) is 1. The molecular formula is C22H40O4. The highest BCUT2D eigenvalue weighted by Gasteiger charge is 2.46. The van der Waals surface area contributed by atoms with Crippen LogP contribution in [0.4, 0.5) is 0 Å². The van der Waals surface area contributed by atoms with E-state index in [-0.39, 0.29) is 28.8 Å². The van der Waals surface area contributed by atoms with Gasteiger partial charge in [-0.1, -0.05) is 61.3 Å². The number of carbonyl (C=O) groups is 2. The molecule has 0 aliphatic heterocycles. The van der Waals surface area contributed by atoms with Crippen molar-refractivity contribution in [2.24, 2.45) is 21.7 Å². The van der Waals surface area contributed by atoms with Crippen LogP contribution in [-0.4, -0.2) is 23.7 Å². The van der Waals surface area contributed by atoms with Gasteiger partial charge >= 0.3 is 11.9 Å². The number of hydrogen-bond donors (Lipinski definition) is 1. The molecule has 0 unspecified atom stereocenters. The molecule has 0 bridgehead atoms. The highest BCUT2D eigenvalue weighted by atomic mass is 16.5. The van der Waals surface area contributed by atoms with Gasteiger partial charge in [0, 0.05) is 5.41 Å². The normalized spacial score (nSPS) is 18.0. The van der Waals surface area contributed by atoms with Crippen LogP contribution in [0.25, 0.3) is 0 Å². The minimum absolute atomic E-state index is 0.0769. The van der Waals surface area contributed by atoms with Crippen molar-refractivity contribution in [3.8, 4) is 0 Å². The lowest BCUT2D eigenvalue weighted by Crippen LogP contribution is -2.39. The standard InChI is InChI=1S/C22H40O4/c1-8-21(9-2,17(23)24)15-20(6,7)16-26-18(25)22(12-10-11-13-22)14-19(3,4)5/h8-16H2,1-7H3,(H,23,24). The second-order valence-corrected chi connectivity index (χ2v) is 10.4. The van der Waals surface area contributed by atoms with Crippen molar-refractivity contribution in [3.05, 3.63) is 0 Å². The number of carbonyl (C=O) groups excluding carboxylic acids is 1. The zero-order chi connectivity index (χ0) is 20.2. The lowest BCUT2D eigenvalue weighted by molar-refractivity contribution is -0.163. The summed E-state index contributed by atoms with van der Waals surface area (Å²) in [6.45, 7) is 14.7. The minimum Gasteiger partial charge on any atom is -0.481 e. The van der Waals surface area contributed by atoms with Gasteiger partial charge in [-0.05, 0) is 43.9 Å². The molecule has 0 amide bonds. The predicted molar refractivity (Wildman–Crippen MR) is 105 cm³/mol. The van der Waals surface area contributed by atoms with E-state index in [2.05, 4.69) is 20.8 Å². The highest BCUT2D eigenvalue weighted by molar-refractivity contribution is 5.77. The average molecular weight is 369 g/mol.